The van der Waals surface area contributed by atoms with Crippen molar-refractivity contribution in [1.29, 1.82) is 0 Å². The van der Waals surface area contributed by atoms with Gasteiger partial charge >= 0.3 is 5.97 Å². The predicted octanol–water partition coefficient (Wildman–Crippen LogP) is 2.53. The second kappa shape index (κ2) is 6.72. The lowest BCUT2D eigenvalue weighted by molar-refractivity contribution is -0.140. The molecule has 0 aliphatic carbocycles. The molecule has 7 heteroatoms. The molecule has 2 aromatic heterocycles. The van der Waals surface area contributed by atoms with E-state index >= 15 is 0 Å². The standard InChI is InChI=1S/C12H15N3O2S2/c1-13-11-8-3-6-19-12(8)15-9(14-11)7-18-5-4-10(16)17-2/h3,6H,4-5,7H2,1-2H3,(H,13,14,15). The first-order chi connectivity index (χ1) is 9.24. The third-order valence-electron chi connectivity index (χ3n) is 2.52. The Labute approximate surface area is 119 Å². The van der Waals surface area contributed by atoms with Crippen molar-refractivity contribution in [2.75, 3.05) is 25.2 Å². The first kappa shape index (κ1) is 14.1. The van der Waals surface area contributed by atoms with Gasteiger partial charge in [-0.05, 0) is 11.4 Å². The van der Waals surface area contributed by atoms with E-state index in [-0.39, 0.29) is 5.97 Å². The number of carbonyl (C=O) groups is 1. The molecule has 102 valence electrons. The van der Waals surface area contributed by atoms with Crippen LogP contribution in [0.3, 0.4) is 0 Å². The number of thiophene rings is 1. The summed E-state index contributed by atoms with van der Waals surface area (Å²) < 4.78 is 4.59. The number of hydrogen-bond acceptors (Lipinski definition) is 7. The lowest BCUT2D eigenvalue weighted by atomic mass is 10.4. The molecule has 0 fully saturated rings. The van der Waals surface area contributed by atoms with Crippen LogP contribution in [0.1, 0.15) is 12.2 Å². The highest BCUT2D eigenvalue weighted by molar-refractivity contribution is 7.98. The van der Waals surface area contributed by atoms with E-state index in [4.69, 9.17) is 0 Å². The van der Waals surface area contributed by atoms with Crippen molar-refractivity contribution in [3.05, 3.63) is 17.3 Å². The van der Waals surface area contributed by atoms with Crippen molar-refractivity contribution in [2.24, 2.45) is 0 Å². The smallest absolute Gasteiger partial charge is 0.306 e. The minimum atomic E-state index is -0.182. The van der Waals surface area contributed by atoms with Gasteiger partial charge in [-0.2, -0.15) is 11.8 Å². The fourth-order valence-corrected chi connectivity index (χ4v) is 3.13. The first-order valence-electron chi connectivity index (χ1n) is 5.81. The number of rotatable bonds is 6. The maximum atomic E-state index is 11.0. The van der Waals surface area contributed by atoms with Crippen LogP contribution < -0.4 is 5.32 Å². The van der Waals surface area contributed by atoms with Gasteiger partial charge in [0.1, 0.15) is 16.5 Å². The Kier molecular flexibility index (Phi) is 4.98. The van der Waals surface area contributed by atoms with Crippen LogP contribution in [0.25, 0.3) is 10.2 Å². The molecule has 1 N–H and O–H groups in total. The molecule has 19 heavy (non-hydrogen) atoms. The van der Waals surface area contributed by atoms with Crippen molar-refractivity contribution < 1.29 is 9.53 Å². The number of nitrogens with one attached hydrogen (secondary N) is 1. The zero-order valence-electron chi connectivity index (χ0n) is 10.8. The molecule has 0 saturated carbocycles. The van der Waals surface area contributed by atoms with Gasteiger partial charge in [0.2, 0.25) is 0 Å². The number of thioether (sulfide) groups is 1. The van der Waals surface area contributed by atoms with Crippen LogP contribution in [0.5, 0.6) is 0 Å². The Morgan fingerprint density at radius 3 is 3.11 bits per heavy atom. The van der Waals surface area contributed by atoms with E-state index in [1.54, 1.807) is 23.1 Å². The predicted molar refractivity (Wildman–Crippen MR) is 79.8 cm³/mol. The molecule has 0 bridgehead atoms. The van der Waals surface area contributed by atoms with Crippen molar-refractivity contribution >= 4 is 45.1 Å². The highest BCUT2D eigenvalue weighted by Crippen LogP contribution is 2.25. The highest BCUT2D eigenvalue weighted by atomic mass is 32.2. The molecule has 0 aromatic carbocycles. The van der Waals surface area contributed by atoms with Crippen LogP contribution in [0.4, 0.5) is 5.82 Å². The van der Waals surface area contributed by atoms with E-state index in [2.05, 4.69) is 20.0 Å². The minimum Gasteiger partial charge on any atom is -0.469 e. The van der Waals surface area contributed by atoms with Gasteiger partial charge in [-0.25, -0.2) is 9.97 Å². The molecule has 0 radical (unpaired) electrons. The van der Waals surface area contributed by atoms with E-state index in [1.165, 1.54) is 7.11 Å². The SMILES string of the molecule is CNc1nc(CSCCC(=O)OC)nc2sccc12. The maximum Gasteiger partial charge on any atom is 0.306 e. The number of hydrogen-bond donors (Lipinski definition) is 1. The summed E-state index contributed by atoms with van der Waals surface area (Å²) in [5, 5.41) is 6.15. The summed E-state index contributed by atoms with van der Waals surface area (Å²) >= 11 is 3.24. The van der Waals surface area contributed by atoms with E-state index in [9.17, 15) is 4.79 Å². The summed E-state index contributed by atoms with van der Waals surface area (Å²) in [5.74, 6) is 2.87. The molecule has 2 rings (SSSR count). The molecule has 0 aliphatic heterocycles. The van der Waals surface area contributed by atoms with E-state index in [1.807, 2.05) is 18.5 Å². The van der Waals surface area contributed by atoms with Gasteiger partial charge in [-0.3, -0.25) is 4.79 Å². The molecule has 0 spiro atoms. The lowest BCUT2D eigenvalue weighted by Gasteiger charge is -2.05. The monoisotopic (exact) mass is 297 g/mol. The molecule has 0 atom stereocenters. The van der Waals surface area contributed by atoms with Gasteiger partial charge in [-0.1, -0.05) is 0 Å². The minimum absolute atomic E-state index is 0.182. The van der Waals surface area contributed by atoms with Gasteiger partial charge in [0.05, 0.1) is 24.7 Å². The number of nitrogens with zero attached hydrogens (tertiary/aromatic N) is 2. The van der Waals surface area contributed by atoms with Crippen molar-refractivity contribution in [1.82, 2.24) is 9.97 Å². The number of aromatic nitrogens is 2. The van der Waals surface area contributed by atoms with Gasteiger partial charge < -0.3 is 10.1 Å². The van der Waals surface area contributed by atoms with Gasteiger partial charge in [0, 0.05) is 12.8 Å². The number of anilines is 1. The summed E-state index contributed by atoms with van der Waals surface area (Å²) in [6.45, 7) is 0. The highest BCUT2D eigenvalue weighted by Gasteiger charge is 2.08. The molecular weight excluding hydrogens is 282 g/mol. The maximum absolute atomic E-state index is 11.0. The Balaban J connectivity index is 1.98. The molecule has 0 saturated heterocycles. The number of esters is 1. The number of fused-ring (bicyclic) bond motifs is 1. The fourth-order valence-electron chi connectivity index (χ4n) is 1.58. The van der Waals surface area contributed by atoms with Crippen LogP contribution in [-0.2, 0) is 15.3 Å². The van der Waals surface area contributed by atoms with Crippen LogP contribution in [0, 0.1) is 0 Å². The average Bonchev–Trinajstić information content (AvgIpc) is 2.90. The largest absolute Gasteiger partial charge is 0.469 e. The number of ether oxygens (including phenoxy) is 1. The van der Waals surface area contributed by atoms with E-state index in [0.717, 1.165) is 21.9 Å². The topological polar surface area (TPSA) is 64.1 Å². The average molecular weight is 297 g/mol. The van der Waals surface area contributed by atoms with Crippen LogP contribution >= 0.6 is 23.1 Å². The summed E-state index contributed by atoms with van der Waals surface area (Å²) in [7, 11) is 3.26. The number of methoxy groups -OCH3 is 1. The van der Waals surface area contributed by atoms with E-state index < -0.39 is 0 Å². The lowest BCUT2D eigenvalue weighted by Crippen LogP contribution is -2.02. The summed E-state index contributed by atoms with van der Waals surface area (Å²) in [5.41, 5.74) is 0. The van der Waals surface area contributed by atoms with Crippen molar-refractivity contribution in [3.8, 4) is 0 Å². The second-order valence-corrected chi connectivity index (χ2v) is 5.76. The summed E-state index contributed by atoms with van der Waals surface area (Å²) in [6.07, 6.45) is 0.418. The molecule has 5 nitrogen and oxygen atoms in total. The second-order valence-electron chi connectivity index (χ2n) is 3.76. The molecular formula is C12H15N3O2S2. The molecule has 0 unspecified atom stereocenters. The molecule has 0 amide bonds. The van der Waals surface area contributed by atoms with Gasteiger partial charge in [0.15, 0.2) is 0 Å². The van der Waals surface area contributed by atoms with Gasteiger partial charge in [-0.15, -0.1) is 11.3 Å². The number of carbonyl (C=O) groups excluding carboxylic acids is 1. The zero-order chi connectivity index (χ0) is 13.7. The third-order valence-corrected chi connectivity index (χ3v) is 4.28. The van der Waals surface area contributed by atoms with Crippen LogP contribution in [-0.4, -0.2) is 35.8 Å². The normalized spacial score (nSPS) is 10.6. The molecule has 0 aliphatic rings. The van der Waals surface area contributed by atoms with Crippen LogP contribution in [0.2, 0.25) is 0 Å². The summed E-state index contributed by atoms with van der Waals surface area (Å²) in [4.78, 5) is 21.0. The van der Waals surface area contributed by atoms with Crippen LogP contribution in [0.15, 0.2) is 11.4 Å². The van der Waals surface area contributed by atoms with Gasteiger partial charge in [0.25, 0.3) is 0 Å². The Morgan fingerprint density at radius 2 is 2.37 bits per heavy atom. The summed E-state index contributed by atoms with van der Waals surface area (Å²) in [6, 6.07) is 2.01. The Hall–Kier alpha value is -1.34. The van der Waals surface area contributed by atoms with Crippen molar-refractivity contribution in [3.63, 3.8) is 0 Å². The first-order valence-corrected chi connectivity index (χ1v) is 7.84. The molecule has 2 aromatic rings. The van der Waals surface area contributed by atoms with E-state index in [0.29, 0.717) is 17.9 Å². The quantitative estimate of drug-likeness (QED) is 0.653. The third kappa shape index (κ3) is 3.57. The molecule has 2 heterocycles. The Morgan fingerprint density at radius 1 is 1.53 bits per heavy atom. The zero-order valence-corrected chi connectivity index (χ0v) is 12.4. The van der Waals surface area contributed by atoms with Crippen molar-refractivity contribution in [2.45, 2.75) is 12.2 Å². The fraction of sp³-hybridized carbons (Fsp3) is 0.417. The Bertz CT molecular complexity index is 571.